The van der Waals surface area contributed by atoms with Gasteiger partial charge >= 0.3 is 0 Å². The summed E-state index contributed by atoms with van der Waals surface area (Å²) in [5.74, 6) is 1.70. The molecule has 0 aromatic carbocycles. The van der Waals surface area contributed by atoms with Crippen LogP contribution in [-0.4, -0.2) is 17.3 Å². The highest BCUT2D eigenvalue weighted by Gasteiger charge is 2.41. The molecule has 21 heavy (non-hydrogen) atoms. The summed E-state index contributed by atoms with van der Waals surface area (Å²) in [5.41, 5.74) is 5.77. The molecule has 5 nitrogen and oxygen atoms in total. The molecule has 1 saturated carbocycles. The minimum absolute atomic E-state index is 0.360. The summed E-state index contributed by atoms with van der Waals surface area (Å²) < 4.78 is 11.2. The van der Waals surface area contributed by atoms with Gasteiger partial charge in [-0.15, -0.1) is 11.3 Å². The molecule has 114 valence electrons. The van der Waals surface area contributed by atoms with Crippen LogP contribution in [0, 0.1) is 5.92 Å². The van der Waals surface area contributed by atoms with Crippen LogP contribution in [0.2, 0.25) is 0 Å². The van der Waals surface area contributed by atoms with Gasteiger partial charge in [-0.3, -0.25) is 0 Å². The topological polar surface area (TPSA) is 74.2 Å². The molecule has 3 unspecified atom stereocenters. The lowest BCUT2D eigenvalue weighted by atomic mass is 9.78. The molecule has 1 fully saturated rings. The lowest BCUT2D eigenvalue weighted by molar-refractivity contribution is -0.0658. The molecule has 0 amide bonds. The number of rotatable bonds is 4. The van der Waals surface area contributed by atoms with Crippen molar-refractivity contribution in [3.05, 3.63) is 34.1 Å². The second-order valence-corrected chi connectivity index (χ2v) is 6.83. The van der Waals surface area contributed by atoms with E-state index in [1.807, 2.05) is 17.5 Å². The molecule has 2 N–H and O–H groups in total. The maximum Gasteiger partial charge on any atom is 0.249 e. The summed E-state index contributed by atoms with van der Waals surface area (Å²) >= 11 is 1.59. The van der Waals surface area contributed by atoms with Crippen molar-refractivity contribution in [2.75, 3.05) is 7.11 Å². The SMILES string of the molecule is COC1(c2noc(C(N)c3cccs3)n2)CCCC(C)C1. The highest BCUT2D eigenvalue weighted by Crippen LogP contribution is 2.41. The Kier molecular flexibility index (Phi) is 4.10. The van der Waals surface area contributed by atoms with Gasteiger partial charge in [-0.1, -0.05) is 24.6 Å². The Morgan fingerprint density at radius 3 is 3.10 bits per heavy atom. The number of ether oxygens (including phenoxy) is 1. The van der Waals surface area contributed by atoms with Crippen LogP contribution in [0.1, 0.15) is 55.2 Å². The smallest absolute Gasteiger partial charge is 0.249 e. The fourth-order valence-corrected chi connectivity index (χ4v) is 3.84. The van der Waals surface area contributed by atoms with E-state index in [1.165, 1.54) is 6.42 Å². The zero-order valence-electron chi connectivity index (χ0n) is 12.4. The van der Waals surface area contributed by atoms with E-state index in [0.717, 1.165) is 24.1 Å². The van der Waals surface area contributed by atoms with E-state index in [-0.39, 0.29) is 6.04 Å². The molecular weight excluding hydrogens is 286 g/mol. The molecular formula is C15H21N3O2S. The molecule has 3 rings (SSSR count). The van der Waals surface area contributed by atoms with Gasteiger partial charge in [0.05, 0.1) is 0 Å². The Balaban J connectivity index is 1.86. The van der Waals surface area contributed by atoms with Crippen molar-refractivity contribution < 1.29 is 9.26 Å². The van der Waals surface area contributed by atoms with Gasteiger partial charge < -0.3 is 15.0 Å². The van der Waals surface area contributed by atoms with Gasteiger partial charge in [0.15, 0.2) is 0 Å². The number of thiophene rings is 1. The van der Waals surface area contributed by atoms with Crippen molar-refractivity contribution in [1.82, 2.24) is 10.1 Å². The van der Waals surface area contributed by atoms with E-state index in [9.17, 15) is 0 Å². The van der Waals surface area contributed by atoms with Crippen molar-refractivity contribution in [1.29, 1.82) is 0 Å². The molecule has 2 heterocycles. The molecule has 2 aromatic rings. The average molecular weight is 307 g/mol. The number of hydrogen-bond acceptors (Lipinski definition) is 6. The van der Waals surface area contributed by atoms with Crippen LogP contribution in [0.25, 0.3) is 0 Å². The van der Waals surface area contributed by atoms with E-state index in [2.05, 4.69) is 17.1 Å². The normalized spacial score (nSPS) is 27.7. The first-order chi connectivity index (χ1) is 10.1. The summed E-state index contributed by atoms with van der Waals surface area (Å²) in [6.07, 6.45) is 4.21. The van der Waals surface area contributed by atoms with Crippen LogP contribution in [0.15, 0.2) is 22.0 Å². The zero-order valence-corrected chi connectivity index (χ0v) is 13.2. The minimum Gasteiger partial charge on any atom is -0.370 e. The fourth-order valence-electron chi connectivity index (χ4n) is 3.12. The molecule has 6 heteroatoms. The lowest BCUT2D eigenvalue weighted by Gasteiger charge is -2.36. The minimum atomic E-state index is -0.422. The summed E-state index contributed by atoms with van der Waals surface area (Å²) in [4.78, 5) is 5.57. The lowest BCUT2D eigenvalue weighted by Crippen LogP contribution is -2.35. The van der Waals surface area contributed by atoms with Crippen molar-refractivity contribution in [2.45, 2.75) is 44.2 Å². The van der Waals surface area contributed by atoms with Crippen LogP contribution in [0.5, 0.6) is 0 Å². The second kappa shape index (κ2) is 5.87. The van der Waals surface area contributed by atoms with Crippen LogP contribution >= 0.6 is 11.3 Å². The molecule has 1 aliphatic rings. The van der Waals surface area contributed by atoms with Crippen molar-refractivity contribution in [2.24, 2.45) is 11.7 Å². The summed E-state index contributed by atoms with van der Waals surface area (Å²) in [5, 5.41) is 6.15. The van der Waals surface area contributed by atoms with Crippen molar-refractivity contribution in [3.8, 4) is 0 Å². The van der Waals surface area contributed by atoms with Gasteiger partial charge in [-0.25, -0.2) is 0 Å². The molecule has 1 aliphatic carbocycles. The highest BCUT2D eigenvalue weighted by molar-refractivity contribution is 7.10. The molecule has 3 atom stereocenters. The fraction of sp³-hybridized carbons (Fsp3) is 0.600. The molecule has 0 radical (unpaired) electrons. The Labute approximate surface area is 128 Å². The van der Waals surface area contributed by atoms with Gasteiger partial charge in [0.2, 0.25) is 11.7 Å². The number of nitrogens with zero attached hydrogens (tertiary/aromatic N) is 2. The first kappa shape index (κ1) is 14.7. The average Bonchev–Trinajstić information content (AvgIpc) is 3.18. The third-order valence-corrected chi connectivity index (χ3v) is 5.27. The Bertz CT molecular complexity index is 584. The van der Waals surface area contributed by atoms with Gasteiger partial charge in [0.1, 0.15) is 11.6 Å². The second-order valence-electron chi connectivity index (χ2n) is 5.85. The van der Waals surface area contributed by atoms with Crippen LogP contribution in [-0.2, 0) is 10.3 Å². The molecule has 2 aromatic heterocycles. The van der Waals surface area contributed by atoms with E-state index < -0.39 is 5.60 Å². The van der Waals surface area contributed by atoms with Gasteiger partial charge in [-0.05, 0) is 36.6 Å². The third kappa shape index (κ3) is 2.75. The van der Waals surface area contributed by atoms with Crippen LogP contribution in [0.3, 0.4) is 0 Å². The molecule has 0 aliphatic heterocycles. The predicted molar refractivity (Wildman–Crippen MR) is 81.0 cm³/mol. The number of methoxy groups -OCH3 is 1. The monoisotopic (exact) mass is 307 g/mol. The predicted octanol–water partition coefficient (Wildman–Crippen LogP) is 3.23. The van der Waals surface area contributed by atoms with Gasteiger partial charge in [0, 0.05) is 12.0 Å². The van der Waals surface area contributed by atoms with E-state index >= 15 is 0 Å². The Morgan fingerprint density at radius 2 is 2.43 bits per heavy atom. The third-order valence-electron chi connectivity index (χ3n) is 4.31. The quantitative estimate of drug-likeness (QED) is 0.938. The largest absolute Gasteiger partial charge is 0.370 e. The maximum atomic E-state index is 6.19. The van der Waals surface area contributed by atoms with Gasteiger partial charge in [-0.2, -0.15) is 4.98 Å². The number of aromatic nitrogens is 2. The molecule has 0 bridgehead atoms. The van der Waals surface area contributed by atoms with Crippen molar-refractivity contribution in [3.63, 3.8) is 0 Å². The van der Waals surface area contributed by atoms with Crippen LogP contribution in [0.4, 0.5) is 0 Å². The van der Waals surface area contributed by atoms with E-state index in [0.29, 0.717) is 17.6 Å². The Hall–Kier alpha value is -1.24. The van der Waals surface area contributed by atoms with E-state index in [1.54, 1.807) is 18.4 Å². The summed E-state index contributed by atoms with van der Waals surface area (Å²) in [6.45, 7) is 2.24. The van der Waals surface area contributed by atoms with E-state index in [4.69, 9.17) is 15.0 Å². The maximum absolute atomic E-state index is 6.19. The standard InChI is InChI=1S/C15H21N3O2S/c1-10-5-3-7-15(9-10,19-2)14-17-13(20-18-14)12(16)11-6-4-8-21-11/h4,6,8,10,12H,3,5,7,9,16H2,1-2H3. The number of nitrogens with two attached hydrogens (primary N) is 1. The summed E-state index contributed by atoms with van der Waals surface area (Å²) in [7, 11) is 1.73. The summed E-state index contributed by atoms with van der Waals surface area (Å²) in [6, 6.07) is 3.59. The Morgan fingerprint density at radius 1 is 1.57 bits per heavy atom. The highest BCUT2D eigenvalue weighted by atomic mass is 32.1. The molecule has 0 saturated heterocycles. The van der Waals surface area contributed by atoms with Gasteiger partial charge in [0.25, 0.3) is 0 Å². The number of hydrogen-bond donors (Lipinski definition) is 1. The first-order valence-corrected chi connectivity index (χ1v) is 8.21. The first-order valence-electron chi connectivity index (χ1n) is 7.33. The zero-order chi connectivity index (χ0) is 14.9. The van der Waals surface area contributed by atoms with Crippen LogP contribution < -0.4 is 5.73 Å². The molecule has 0 spiro atoms. The van der Waals surface area contributed by atoms with Crippen molar-refractivity contribution >= 4 is 11.3 Å².